The molecule has 0 atom stereocenters. The molecule has 1 aliphatic rings. The van der Waals surface area contributed by atoms with Gasteiger partial charge in [0.05, 0.1) is 12.5 Å². The van der Waals surface area contributed by atoms with Gasteiger partial charge in [0.15, 0.2) is 5.09 Å². The second-order valence-corrected chi connectivity index (χ2v) is 3.76. The van der Waals surface area contributed by atoms with E-state index in [4.69, 9.17) is 4.74 Å². The predicted octanol–water partition coefficient (Wildman–Crippen LogP) is 1.77. The van der Waals surface area contributed by atoms with Gasteiger partial charge >= 0.3 is 0 Å². The van der Waals surface area contributed by atoms with Crippen LogP contribution in [0.4, 0.5) is 0 Å². The zero-order valence-corrected chi connectivity index (χ0v) is 7.12. The molecule has 0 N–H and O–H groups in total. The number of carbonyl (C=O) groups is 1. The first kappa shape index (κ1) is 7.66. The van der Waals surface area contributed by atoms with Crippen molar-refractivity contribution in [2.24, 2.45) is 5.41 Å². The zero-order valence-electron chi connectivity index (χ0n) is 6.30. The molecule has 0 aromatic rings. The minimum Gasteiger partial charge on any atom is -0.490 e. The molecule has 0 fully saturated rings. The molecule has 1 heterocycles. The number of thioether (sulfide) groups is 1. The van der Waals surface area contributed by atoms with Gasteiger partial charge < -0.3 is 4.74 Å². The van der Waals surface area contributed by atoms with E-state index in [1.165, 1.54) is 11.8 Å². The van der Waals surface area contributed by atoms with E-state index < -0.39 is 0 Å². The van der Waals surface area contributed by atoms with E-state index >= 15 is 0 Å². The van der Waals surface area contributed by atoms with Crippen molar-refractivity contribution in [1.82, 2.24) is 0 Å². The third kappa shape index (κ3) is 1.19. The van der Waals surface area contributed by atoms with Gasteiger partial charge in [-0.15, -0.1) is 0 Å². The summed E-state index contributed by atoms with van der Waals surface area (Å²) in [5, 5.41) is 0.874. The van der Waals surface area contributed by atoms with E-state index in [1.54, 1.807) is 7.11 Å². The quantitative estimate of drug-likeness (QED) is 0.581. The van der Waals surface area contributed by atoms with Crippen molar-refractivity contribution in [3.05, 3.63) is 11.2 Å². The summed E-state index contributed by atoms with van der Waals surface area (Å²) in [5.41, 5.74) is -0.337. The van der Waals surface area contributed by atoms with Crippen LogP contribution >= 0.6 is 11.8 Å². The highest BCUT2D eigenvalue weighted by Gasteiger charge is 2.33. The van der Waals surface area contributed by atoms with Gasteiger partial charge in [-0.3, -0.25) is 4.79 Å². The maximum absolute atomic E-state index is 11.1. The zero-order chi connectivity index (χ0) is 7.78. The van der Waals surface area contributed by atoms with Crippen molar-refractivity contribution in [3.63, 3.8) is 0 Å². The lowest BCUT2D eigenvalue weighted by molar-refractivity contribution is -0.115. The largest absolute Gasteiger partial charge is 0.490 e. The van der Waals surface area contributed by atoms with Crippen molar-refractivity contribution in [1.29, 1.82) is 0 Å². The average Bonchev–Trinajstić information content (AvgIpc) is 2.08. The van der Waals surface area contributed by atoms with E-state index in [2.05, 4.69) is 0 Å². The Hall–Kier alpha value is -0.440. The van der Waals surface area contributed by atoms with Gasteiger partial charge in [-0.25, -0.2) is 0 Å². The van der Waals surface area contributed by atoms with Crippen molar-refractivity contribution >= 4 is 16.9 Å². The number of carbonyl (C=O) groups excluding carboxylic acids is 1. The standard InChI is InChI=1S/C7H10O2S/c1-7(2)4-5(9-3)10-6(7)8/h4H,1-3H3. The Balaban J connectivity index is 2.81. The molecule has 0 amide bonds. The third-order valence-corrected chi connectivity index (χ3v) is 2.60. The summed E-state index contributed by atoms with van der Waals surface area (Å²) in [7, 11) is 1.58. The summed E-state index contributed by atoms with van der Waals surface area (Å²) >= 11 is 1.17. The highest BCUT2D eigenvalue weighted by atomic mass is 32.2. The van der Waals surface area contributed by atoms with Crippen molar-refractivity contribution < 1.29 is 9.53 Å². The molecule has 10 heavy (non-hydrogen) atoms. The number of ether oxygens (including phenoxy) is 1. The van der Waals surface area contributed by atoms with Crippen LogP contribution < -0.4 is 0 Å². The van der Waals surface area contributed by atoms with Crippen LogP contribution in [0, 0.1) is 5.41 Å². The molecule has 0 aromatic carbocycles. The summed E-state index contributed by atoms with van der Waals surface area (Å²) in [6, 6.07) is 0. The Labute approximate surface area is 64.6 Å². The van der Waals surface area contributed by atoms with Crippen LogP contribution in [0.15, 0.2) is 11.2 Å². The van der Waals surface area contributed by atoms with Crippen LogP contribution in [0.5, 0.6) is 0 Å². The van der Waals surface area contributed by atoms with Crippen molar-refractivity contribution in [2.75, 3.05) is 7.11 Å². The summed E-state index contributed by atoms with van der Waals surface area (Å²) in [4.78, 5) is 11.1. The van der Waals surface area contributed by atoms with Gasteiger partial charge in [-0.05, 0) is 31.7 Å². The topological polar surface area (TPSA) is 26.3 Å². The molecule has 2 nitrogen and oxygen atoms in total. The maximum Gasteiger partial charge on any atom is 0.206 e. The summed E-state index contributed by atoms with van der Waals surface area (Å²) in [6.07, 6.45) is 1.85. The monoisotopic (exact) mass is 158 g/mol. The van der Waals surface area contributed by atoms with Crippen LogP contribution in [0.2, 0.25) is 0 Å². The van der Waals surface area contributed by atoms with E-state index in [1.807, 2.05) is 19.9 Å². The van der Waals surface area contributed by atoms with E-state index in [9.17, 15) is 4.79 Å². The molecule has 3 heteroatoms. The normalized spacial score (nSPS) is 22.7. The van der Waals surface area contributed by atoms with Gasteiger partial charge in [-0.2, -0.15) is 0 Å². The molecule has 0 saturated heterocycles. The molecule has 0 aliphatic carbocycles. The number of allylic oxidation sites excluding steroid dienone is 1. The molecule has 0 unspecified atom stereocenters. The smallest absolute Gasteiger partial charge is 0.206 e. The first-order valence-electron chi connectivity index (χ1n) is 3.05. The van der Waals surface area contributed by atoms with Crippen LogP contribution in [-0.4, -0.2) is 12.2 Å². The molecule has 56 valence electrons. The lowest BCUT2D eigenvalue weighted by Gasteiger charge is -2.08. The molecule has 0 aromatic heterocycles. The second-order valence-electron chi connectivity index (χ2n) is 2.78. The molecular weight excluding hydrogens is 148 g/mol. The lowest BCUT2D eigenvalue weighted by Crippen LogP contribution is -2.13. The number of methoxy groups -OCH3 is 1. The van der Waals surface area contributed by atoms with Gasteiger partial charge in [0.2, 0.25) is 5.12 Å². The van der Waals surface area contributed by atoms with E-state index in [0.717, 1.165) is 5.09 Å². The number of rotatable bonds is 1. The Kier molecular flexibility index (Phi) is 1.77. The fourth-order valence-corrected chi connectivity index (χ4v) is 1.65. The Morgan fingerprint density at radius 3 is 2.40 bits per heavy atom. The highest BCUT2D eigenvalue weighted by molar-refractivity contribution is 8.17. The molecule has 0 radical (unpaired) electrons. The van der Waals surface area contributed by atoms with Gasteiger partial charge in [0.1, 0.15) is 0 Å². The highest BCUT2D eigenvalue weighted by Crippen LogP contribution is 2.39. The molecular formula is C7H10O2S. The third-order valence-electron chi connectivity index (χ3n) is 1.40. The average molecular weight is 158 g/mol. The Morgan fingerprint density at radius 2 is 2.20 bits per heavy atom. The van der Waals surface area contributed by atoms with Crippen molar-refractivity contribution in [2.45, 2.75) is 13.8 Å². The van der Waals surface area contributed by atoms with Crippen LogP contribution in [0.1, 0.15) is 13.8 Å². The molecule has 0 bridgehead atoms. The second kappa shape index (κ2) is 2.31. The molecule has 1 rings (SSSR count). The van der Waals surface area contributed by atoms with Crippen molar-refractivity contribution in [3.8, 4) is 0 Å². The maximum atomic E-state index is 11.1. The summed E-state index contributed by atoms with van der Waals surface area (Å²) in [5.74, 6) is 0. The molecule has 0 spiro atoms. The number of hydrogen-bond acceptors (Lipinski definition) is 3. The first-order valence-corrected chi connectivity index (χ1v) is 3.87. The lowest BCUT2D eigenvalue weighted by atomic mass is 9.96. The van der Waals surface area contributed by atoms with Gasteiger partial charge in [0, 0.05) is 0 Å². The fraction of sp³-hybridized carbons (Fsp3) is 0.571. The fourth-order valence-electron chi connectivity index (χ4n) is 0.706. The Bertz CT molecular complexity index is 194. The molecule has 1 aliphatic heterocycles. The van der Waals surface area contributed by atoms with E-state index in [-0.39, 0.29) is 10.5 Å². The minimum absolute atomic E-state index is 0.157. The molecule has 0 saturated carbocycles. The van der Waals surface area contributed by atoms with Gasteiger partial charge in [0.25, 0.3) is 0 Å². The number of hydrogen-bond donors (Lipinski definition) is 0. The van der Waals surface area contributed by atoms with Crippen LogP contribution in [-0.2, 0) is 9.53 Å². The van der Waals surface area contributed by atoms with Gasteiger partial charge in [-0.1, -0.05) is 0 Å². The SMILES string of the molecule is COC1=CC(C)(C)C(=O)S1. The van der Waals surface area contributed by atoms with Crippen LogP contribution in [0.3, 0.4) is 0 Å². The summed E-state index contributed by atoms with van der Waals surface area (Å²) < 4.78 is 4.92. The minimum atomic E-state index is -0.337. The summed E-state index contributed by atoms with van der Waals surface area (Å²) in [6.45, 7) is 3.77. The Morgan fingerprint density at radius 1 is 1.60 bits per heavy atom. The predicted molar refractivity (Wildman–Crippen MR) is 41.5 cm³/mol. The first-order chi connectivity index (χ1) is 4.56. The van der Waals surface area contributed by atoms with Crippen LogP contribution in [0.25, 0.3) is 0 Å². The van der Waals surface area contributed by atoms with E-state index in [0.29, 0.717) is 0 Å².